The molecule has 1 aliphatic heterocycles. The molecule has 1 saturated heterocycles. The normalized spacial score (nSPS) is 23.9. The van der Waals surface area contributed by atoms with Crippen LogP contribution in [0.25, 0.3) is 0 Å². The van der Waals surface area contributed by atoms with Crippen molar-refractivity contribution in [3.8, 4) is 0 Å². The Kier molecular flexibility index (Phi) is 5.21. The zero-order chi connectivity index (χ0) is 12.2. The third kappa shape index (κ3) is 4.03. The molecule has 0 aromatic rings. The molecule has 0 aromatic carbocycles. The first-order valence-electron chi connectivity index (χ1n) is 6.04. The van der Waals surface area contributed by atoms with Gasteiger partial charge in [-0.3, -0.25) is 0 Å². The summed E-state index contributed by atoms with van der Waals surface area (Å²) >= 11 is 0. The number of hydrogen-bond acceptors (Lipinski definition) is 3. The van der Waals surface area contributed by atoms with E-state index in [9.17, 15) is 8.42 Å². The number of sulfonamides is 1. The average molecular weight is 249 g/mol. The molecule has 1 atom stereocenters. The van der Waals surface area contributed by atoms with Gasteiger partial charge in [-0.1, -0.05) is 13.8 Å². The van der Waals surface area contributed by atoms with E-state index in [2.05, 4.69) is 0 Å². The minimum atomic E-state index is -3.10. The van der Waals surface area contributed by atoms with Crippen LogP contribution in [-0.2, 0) is 10.0 Å². The predicted octanol–water partition coefficient (Wildman–Crippen LogP) is 1.07. The second-order valence-corrected chi connectivity index (χ2v) is 7.14. The molecule has 0 spiro atoms. The maximum atomic E-state index is 12.0. The highest BCUT2D eigenvalue weighted by atomic mass is 32.2. The quantitative estimate of drug-likeness (QED) is 0.793. The standard InChI is InChI=1S/C11H23NO3S/c1-10(2)5-7-16(14,15)12-6-3-4-11(8-12)9-13/h10-11,13H,3-9H2,1-2H3. The lowest BCUT2D eigenvalue weighted by molar-refractivity contribution is 0.165. The van der Waals surface area contributed by atoms with Gasteiger partial charge in [0.2, 0.25) is 10.0 Å². The molecule has 5 heteroatoms. The summed E-state index contributed by atoms with van der Waals surface area (Å²) in [5, 5.41) is 9.07. The second-order valence-electron chi connectivity index (χ2n) is 5.05. The van der Waals surface area contributed by atoms with Crippen LogP contribution >= 0.6 is 0 Å². The zero-order valence-electron chi connectivity index (χ0n) is 10.2. The zero-order valence-corrected chi connectivity index (χ0v) is 11.0. The maximum Gasteiger partial charge on any atom is 0.214 e. The molecule has 0 radical (unpaired) electrons. The lowest BCUT2D eigenvalue weighted by Gasteiger charge is -2.31. The molecule has 0 amide bonds. The first-order valence-corrected chi connectivity index (χ1v) is 7.65. The van der Waals surface area contributed by atoms with E-state index in [1.807, 2.05) is 13.8 Å². The summed E-state index contributed by atoms with van der Waals surface area (Å²) in [6.45, 7) is 5.27. The van der Waals surface area contributed by atoms with Gasteiger partial charge in [0.15, 0.2) is 0 Å². The van der Waals surface area contributed by atoms with Crippen LogP contribution in [0.4, 0.5) is 0 Å². The van der Waals surface area contributed by atoms with Crippen LogP contribution in [0.3, 0.4) is 0 Å². The van der Waals surface area contributed by atoms with Crippen molar-refractivity contribution in [2.24, 2.45) is 11.8 Å². The Morgan fingerprint density at radius 1 is 1.44 bits per heavy atom. The third-order valence-electron chi connectivity index (χ3n) is 3.09. The summed E-state index contributed by atoms with van der Waals surface area (Å²) in [5.41, 5.74) is 0. The molecule has 1 aliphatic rings. The number of aliphatic hydroxyl groups is 1. The molecule has 0 bridgehead atoms. The van der Waals surface area contributed by atoms with Crippen molar-refractivity contribution in [1.82, 2.24) is 4.31 Å². The summed E-state index contributed by atoms with van der Waals surface area (Å²) in [5.74, 6) is 0.777. The molecule has 1 unspecified atom stereocenters. The fraction of sp³-hybridized carbons (Fsp3) is 1.00. The molecule has 1 rings (SSSR count). The largest absolute Gasteiger partial charge is 0.396 e. The van der Waals surface area contributed by atoms with Gasteiger partial charge in [0.05, 0.1) is 5.75 Å². The van der Waals surface area contributed by atoms with Crippen LogP contribution in [-0.4, -0.2) is 43.3 Å². The van der Waals surface area contributed by atoms with Crippen LogP contribution < -0.4 is 0 Å². The van der Waals surface area contributed by atoms with Crippen LogP contribution in [0.5, 0.6) is 0 Å². The van der Waals surface area contributed by atoms with Crippen molar-refractivity contribution in [1.29, 1.82) is 0 Å². The number of rotatable bonds is 5. The molecule has 1 N–H and O–H groups in total. The SMILES string of the molecule is CC(C)CCS(=O)(=O)N1CCCC(CO)C1. The highest BCUT2D eigenvalue weighted by Gasteiger charge is 2.28. The summed E-state index contributed by atoms with van der Waals surface area (Å²) in [4.78, 5) is 0. The smallest absolute Gasteiger partial charge is 0.214 e. The van der Waals surface area contributed by atoms with Gasteiger partial charge in [-0.2, -0.15) is 0 Å². The Labute approximate surface area is 98.7 Å². The third-order valence-corrected chi connectivity index (χ3v) is 4.96. The predicted molar refractivity (Wildman–Crippen MR) is 64.6 cm³/mol. The topological polar surface area (TPSA) is 57.6 Å². The molecule has 16 heavy (non-hydrogen) atoms. The van der Waals surface area contributed by atoms with Gasteiger partial charge in [-0.25, -0.2) is 12.7 Å². The van der Waals surface area contributed by atoms with E-state index in [1.54, 1.807) is 4.31 Å². The van der Waals surface area contributed by atoms with Crippen LogP contribution in [0.15, 0.2) is 0 Å². The first kappa shape index (κ1) is 13.9. The molecule has 0 aliphatic carbocycles. The van der Waals surface area contributed by atoms with Crippen LogP contribution in [0.1, 0.15) is 33.1 Å². The van der Waals surface area contributed by atoms with E-state index >= 15 is 0 Å². The Morgan fingerprint density at radius 2 is 2.12 bits per heavy atom. The average Bonchev–Trinajstić information content (AvgIpc) is 2.27. The van der Waals surface area contributed by atoms with E-state index in [4.69, 9.17) is 5.11 Å². The molecule has 1 heterocycles. The van der Waals surface area contributed by atoms with E-state index in [1.165, 1.54) is 0 Å². The maximum absolute atomic E-state index is 12.0. The van der Waals surface area contributed by atoms with Gasteiger partial charge >= 0.3 is 0 Å². The molecule has 0 aromatic heterocycles. The Morgan fingerprint density at radius 3 is 2.69 bits per heavy atom. The molecule has 1 fully saturated rings. The van der Waals surface area contributed by atoms with Gasteiger partial charge in [-0.15, -0.1) is 0 Å². The van der Waals surface area contributed by atoms with Crippen LogP contribution in [0.2, 0.25) is 0 Å². The van der Waals surface area contributed by atoms with Crippen molar-refractivity contribution in [3.63, 3.8) is 0 Å². The lowest BCUT2D eigenvalue weighted by Crippen LogP contribution is -2.42. The molecular weight excluding hydrogens is 226 g/mol. The van der Waals surface area contributed by atoms with Crippen LogP contribution in [0, 0.1) is 11.8 Å². The summed E-state index contributed by atoms with van der Waals surface area (Å²) in [7, 11) is -3.10. The van der Waals surface area contributed by atoms with Gasteiger partial charge in [0.1, 0.15) is 0 Å². The highest BCUT2D eigenvalue weighted by molar-refractivity contribution is 7.89. The number of piperidine rings is 1. The fourth-order valence-electron chi connectivity index (χ4n) is 1.94. The second kappa shape index (κ2) is 5.98. The number of aliphatic hydroxyl groups excluding tert-OH is 1. The van der Waals surface area contributed by atoms with E-state index in [0.29, 0.717) is 25.4 Å². The summed E-state index contributed by atoms with van der Waals surface area (Å²) in [6, 6.07) is 0. The molecule has 96 valence electrons. The summed E-state index contributed by atoms with van der Waals surface area (Å²) in [6.07, 6.45) is 2.52. The number of hydrogen-bond donors (Lipinski definition) is 1. The Hall–Kier alpha value is -0.130. The summed E-state index contributed by atoms with van der Waals surface area (Å²) < 4.78 is 25.5. The highest BCUT2D eigenvalue weighted by Crippen LogP contribution is 2.19. The van der Waals surface area contributed by atoms with Crippen molar-refractivity contribution in [2.75, 3.05) is 25.4 Å². The van der Waals surface area contributed by atoms with Gasteiger partial charge in [-0.05, 0) is 31.1 Å². The molecular formula is C11H23NO3S. The minimum Gasteiger partial charge on any atom is -0.396 e. The van der Waals surface area contributed by atoms with E-state index in [0.717, 1.165) is 12.8 Å². The first-order chi connectivity index (χ1) is 7.45. The monoisotopic (exact) mass is 249 g/mol. The van der Waals surface area contributed by atoms with E-state index < -0.39 is 10.0 Å². The van der Waals surface area contributed by atoms with Crippen molar-refractivity contribution >= 4 is 10.0 Å². The van der Waals surface area contributed by atoms with Crippen molar-refractivity contribution < 1.29 is 13.5 Å². The lowest BCUT2D eigenvalue weighted by atomic mass is 10.0. The van der Waals surface area contributed by atoms with Crippen molar-refractivity contribution in [3.05, 3.63) is 0 Å². The molecule has 4 nitrogen and oxygen atoms in total. The number of nitrogens with zero attached hydrogens (tertiary/aromatic N) is 1. The fourth-order valence-corrected chi connectivity index (χ4v) is 3.81. The van der Waals surface area contributed by atoms with Gasteiger partial charge < -0.3 is 5.11 Å². The van der Waals surface area contributed by atoms with Gasteiger partial charge in [0, 0.05) is 19.7 Å². The Balaban J connectivity index is 2.54. The van der Waals surface area contributed by atoms with Crippen molar-refractivity contribution in [2.45, 2.75) is 33.1 Å². The Bertz CT molecular complexity index is 300. The van der Waals surface area contributed by atoms with E-state index in [-0.39, 0.29) is 18.3 Å². The molecule has 0 saturated carbocycles. The van der Waals surface area contributed by atoms with Gasteiger partial charge in [0.25, 0.3) is 0 Å². The minimum absolute atomic E-state index is 0.0935.